The Labute approximate surface area is 167 Å². The van der Waals surface area contributed by atoms with Gasteiger partial charge >= 0.3 is 0 Å². The van der Waals surface area contributed by atoms with Crippen molar-refractivity contribution in [3.63, 3.8) is 0 Å². The molecule has 1 N–H and O–H groups in total. The Morgan fingerprint density at radius 3 is 2.61 bits per heavy atom. The SMILES string of the molecule is COC[C@H](C)N1CCC(Oc2cccc(C(=O)NCc3ccccc3)c2)CC1. The van der Waals surface area contributed by atoms with E-state index < -0.39 is 0 Å². The summed E-state index contributed by atoms with van der Waals surface area (Å²) in [5.41, 5.74) is 1.71. The van der Waals surface area contributed by atoms with E-state index in [9.17, 15) is 4.79 Å². The van der Waals surface area contributed by atoms with Crippen LogP contribution in [0.2, 0.25) is 0 Å². The average Bonchev–Trinajstić information content (AvgIpc) is 2.73. The third kappa shape index (κ3) is 5.81. The molecule has 1 saturated heterocycles. The van der Waals surface area contributed by atoms with Gasteiger partial charge in [0, 0.05) is 38.3 Å². The summed E-state index contributed by atoms with van der Waals surface area (Å²) in [6, 6.07) is 17.8. The number of methoxy groups -OCH3 is 1. The summed E-state index contributed by atoms with van der Waals surface area (Å²) in [5.74, 6) is 0.674. The molecule has 0 bridgehead atoms. The van der Waals surface area contributed by atoms with Crippen LogP contribution in [0.5, 0.6) is 5.75 Å². The van der Waals surface area contributed by atoms with Crippen molar-refractivity contribution in [1.82, 2.24) is 10.2 Å². The molecule has 28 heavy (non-hydrogen) atoms. The summed E-state index contributed by atoms with van der Waals surface area (Å²) in [4.78, 5) is 14.9. The molecule has 0 spiro atoms. The van der Waals surface area contributed by atoms with Crippen LogP contribution in [-0.4, -0.2) is 49.8 Å². The lowest BCUT2D eigenvalue weighted by Gasteiger charge is -2.35. The molecule has 1 fully saturated rings. The molecule has 1 aliphatic rings. The Balaban J connectivity index is 1.50. The van der Waals surface area contributed by atoms with Gasteiger partial charge in [-0.25, -0.2) is 0 Å². The van der Waals surface area contributed by atoms with Gasteiger partial charge < -0.3 is 14.8 Å². The molecule has 0 aliphatic carbocycles. The number of amides is 1. The van der Waals surface area contributed by atoms with Crippen LogP contribution >= 0.6 is 0 Å². The van der Waals surface area contributed by atoms with Gasteiger partial charge in [-0.05, 0) is 43.5 Å². The standard InChI is InChI=1S/C23H30N2O3/c1-18(17-27-2)25-13-11-21(12-14-25)28-22-10-6-9-20(15-22)23(26)24-16-19-7-4-3-5-8-19/h3-10,15,18,21H,11-14,16-17H2,1-2H3,(H,24,26)/t18-/m0/s1. The maximum atomic E-state index is 12.5. The van der Waals surface area contributed by atoms with E-state index in [1.807, 2.05) is 54.6 Å². The summed E-state index contributed by atoms with van der Waals surface area (Å²) >= 11 is 0. The summed E-state index contributed by atoms with van der Waals surface area (Å²) in [6.07, 6.45) is 2.16. The van der Waals surface area contributed by atoms with E-state index >= 15 is 0 Å². The van der Waals surface area contributed by atoms with Gasteiger partial charge in [0.05, 0.1) is 6.61 Å². The highest BCUT2D eigenvalue weighted by Crippen LogP contribution is 2.21. The van der Waals surface area contributed by atoms with Crippen LogP contribution in [0.1, 0.15) is 35.7 Å². The van der Waals surface area contributed by atoms with Crippen LogP contribution in [0.25, 0.3) is 0 Å². The molecule has 1 atom stereocenters. The van der Waals surface area contributed by atoms with Crippen LogP contribution in [0.15, 0.2) is 54.6 Å². The molecule has 0 saturated carbocycles. The number of benzene rings is 2. The molecule has 1 amide bonds. The minimum absolute atomic E-state index is 0.0856. The number of carbonyl (C=O) groups is 1. The first-order valence-electron chi connectivity index (χ1n) is 9.97. The molecular formula is C23H30N2O3. The van der Waals surface area contributed by atoms with Crippen molar-refractivity contribution in [3.8, 4) is 5.75 Å². The summed E-state index contributed by atoms with van der Waals surface area (Å²) < 4.78 is 11.4. The second kappa shape index (κ2) is 10.2. The van der Waals surface area contributed by atoms with Crippen LogP contribution < -0.4 is 10.1 Å². The molecule has 0 aromatic heterocycles. The smallest absolute Gasteiger partial charge is 0.251 e. The molecule has 5 nitrogen and oxygen atoms in total. The summed E-state index contributed by atoms with van der Waals surface area (Å²) in [6.45, 7) is 5.48. The van der Waals surface area contributed by atoms with Crippen molar-refractivity contribution in [2.75, 3.05) is 26.8 Å². The second-order valence-corrected chi connectivity index (χ2v) is 7.35. The lowest BCUT2D eigenvalue weighted by Crippen LogP contribution is -2.44. The number of nitrogens with zero attached hydrogens (tertiary/aromatic N) is 1. The number of nitrogens with one attached hydrogen (secondary N) is 1. The molecule has 2 aromatic carbocycles. The molecule has 0 radical (unpaired) electrons. The van der Waals surface area contributed by atoms with Crippen molar-refractivity contribution in [2.45, 2.75) is 38.5 Å². The van der Waals surface area contributed by atoms with Gasteiger partial charge in [0.25, 0.3) is 5.91 Å². The van der Waals surface area contributed by atoms with Crippen molar-refractivity contribution in [1.29, 1.82) is 0 Å². The number of hydrogen-bond acceptors (Lipinski definition) is 4. The fraction of sp³-hybridized carbons (Fsp3) is 0.435. The Morgan fingerprint density at radius 1 is 1.14 bits per heavy atom. The molecule has 3 rings (SSSR count). The van der Waals surface area contributed by atoms with Crippen molar-refractivity contribution in [2.24, 2.45) is 0 Å². The maximum absolute atomic E-state index is 12.5. The van der Waals surface area contributed by atoms with Crippen molar-refractivity contribution < 1.29 is 14.3 Å². The normalized spacial score (nSPS) is 16.5. The quantitative estimate of drug-likeness (QED) is 0.759. The van der Waals surface area contributed by atoms with E-state index in [1.54, 1.807) is 7.11 Å². The predicted molar refractivity (Wildman–Crippen MR) is 111 cm³/mol. The Kier molecular flexibility index (Phi) is 7.46. The first kappa shape index (κ1) is 20.4. The highest BCUT2D eigenvalue weighted by molar-refractivity contribution is 5.94. The van der Waals surface area contributed by atoms with E-state index in [-0.39, 0.29) is 12.0 Å². The summed E-state index contributed by atoms with van der Waals surface area (Å²) in [5, 5.41) is 2.96. The molecule has 1 aliphatic heterocycles. The fourth-order valence-electron chi connectivity index (χ4n) is 3.56. The van der Waals surface area contributed by atoms with Crippen LogP contribution in [0.4, 0.5) is 0 Å². The van der Waals surface area contributed by atoms with Gasteiger partial charge in [-0.2, -0.15) is 0 Å². The zero-order chi connectivity index (χ0) is 19.8. The zero-order valence-electron chi connectivity index (χ0n) is 16.8. The zero-order valence-corrected chi connectivity index (χ0v) is 16.8. The Hall–Kier alpha value is -2.37. The average molecular weight is 383 g/mol. The number of likely N-dealkylation sites (tertiary alicyclic amines) is 1. The number of hydrogen-bond donors (Lipinski definition) is 1. The minimum Gasteiger partial charge on any atom is -0.490 e. The van der Waals surface area contributed by atoms with Crippen LogP contribution in [0.3, 0.4) is 0 Å². The number of ether oxygens (including phenoxy) is 2. The van der Waals surface area contributed by atoms with Crippen molar-refractivity contribution in [3.05, 3.63) is 65.7 Å². The lowest BCUT2D eigenvalue weighted by molar-refractivity contribution is 0.0474. The highest BCUT2D eigenvalue weighted by Gasteiger charge is 2.23. The molecule has 0 unspecified atom stereocenters. The Morgan fingerprint density at radius 2 is 1.89 bits per heavy atom. The van der Waals surface area contributed by atoms with E-state index in [1.165, 1.54) is 0 Å². The third-order valence-corrected chi connectivity index (χ3v) is 5.20. The van der Waals surface area contributed by atoms with Gasteiger partial charge in [0.2, 0.25) is 0 Å². The largest absolute Gasteiger partial charge is 0.490 e. The second-order valence-electron chi connectivity index (χ2n) is 7.35. The topological polar surface area (TPSA) is 50.8 Å². The van der Waals surface area contributed by atoms with E-state index in [2.05, 4.69) is 17.1 Å². The molecule has 150 valence electrons. The predicted octanol–water partition coefficient (Wildman–Crippen LogP) is 3.49. The van der Waals surface area contributed by atoms with Gasteiger partial charge in [-0.3, -0.25) is 9.69 Å². The maximum Gasteiger partial charge on any atom is 0.251 e. The van der Waals surface area contributed by atoms with E-state index in [0.29, 0.717) is 18.2 Å². The summed E-state index contributed by atoms with van der Waals surface area (Å²) in [7, 11) is 1.75. The lowest BCUT2D eigenvalue weighted by atomic mass is 10.1. The molecule has 5 heteroatoms. The first-order valence-corrected chi connectivity index (χ1v) is 9.97. The minimum atomic E-state index is -0.0856. The molecule has 1 heterocycles. The monoisotopic (exact) mass is 382 g/mol. The van der Waals surface area contributed by atoms with Gasteiger partial charge in [0.15, 0.2) is 0 Å². The van der Waals surface area contributed by atoms with Gasteiger partial charge in [-0.15, -0.1) is 0 Å². The van der Waals surface area contributed by atoms with Crippen LogP contribution in [-0.2, 0) is 11.3 Å². The first-order chi connectivity index (χ1) is 13.7. The molecular weight excluding hydrogens is 352 g/mol. The van der Waals surface area contributed by atoms with Crippen molar-refractivity contribution >= 4 is 5.91 Å². The third-order valence-electron chi connectivity index (χ3n) is 5.20. The number of rotatable bonds is 8. The van der Waals surface area contributed by atoms with E-state index in [4.69, 9.17) is 9.47 Å². The fourth-order valence-corrected chi connectivity index (χ4v) is 3.56. The number of carbonyl (C=O) groups excluding carboxylic acids is 1. The van der Waals surface area contributed by atoms with Crippen LogP contribution in [0, 0.1) is 0 Å². The van der Waals surface area contributed by atoms with E-state index in [0.717, 1.165) is 43.9 Å². The highest BCUT2D eigenvalue weighted by atomic mass is 16.5. The molecule has 2 aromatic rings. The number of piperidine rings is 1. The van der Waals surface area contributed by atoms with Gasteiger partial charge in [-0.1, -0.05) is 36.4 Å². The Bertz CT molecular complexity index is 743. The van der Waals surface area contributed by atoms with Gasteiger partial charge in [0.1, 0.15) is 11.9 Å².